The van der Waals surface area contributed by atoms with Crippen LogP contribution < -0.4 is 11.5 Å². The Labute approximate surface area is 60.1 Å². The Kier molecular flexibility index (Phi) is 2.62. The van der Waals surface area contributed by atoms with Gasteiger partial charge in [0.15, 0.2) is 6.29 Å². The highest BCUT2D eigenvalue weighted by molar-refractivity contribution is 4.75. The average molecular weight is 146 g/mol. The lowest BCUT2D eigenvalue weighted by molar-refractivity contribution is -0.169. The first-order chi connectivity index (χ1) is 4.74. The molecule has 0 saturated carbocycles. The van der Waals surface area contributed by atoms with Gasteiger partial charge in [0.2, 0.25) is 0 Å². The zero-order valence-electron chi connectivity index (χ0n) is 5.86. The predicted molar refractivity (Wildman–Crippen MR) is 37.1 cm³/mol. The van der Waals surface area contributed by atoms with E-state index in [1.165, 1.54) is 0 Å². The molecule has 1 aliphatic rings. The van der Waals surface area contributed by atoms with Crippen molar-refractivity contribution >= 4 is 0 Å². The van der Waals surface area contributed by atoms with E-state index >= 15 is 0 Å². The molecule has 4 nitrogen and oxygen atoms in total. The largest absolute Gasteiger partial charge is 0.367 e. The second kappa shape index (κ2) is 3.30. The molecule has 60 valence electrons. The zero-order chi connectivity index (χ0) is 7.56. The van der Waals surface area contributed by atoms with Gasteiger partial charge in [0, 0.05) is 6.54 Å². The van der Waals surface area contributed by atoms with Gasteiger partial charge in [0.1, 0.15) is 0 Å². The van der Waals surface area contributed by atoms with E-state index < -0.39 is 6.29 Å². The van der Waals surface area contributed by atoms with Gasteiger partial charge in [-0.2, -0.15) is 0 Å². The lowest BCUT2D eigenvalue weighted by Gasteiger charge is -2.30. The first-order valence-electron chi connectivity index (χ1n) is 3.53. The number of rotatable bonds is 1. The molecule has 0 radical (unpaired) electrons. The van der Waals surface area contributed by atoms with Gasteiger partial charge in [-0.3, -0.25) is 0 Å². The minimum atomic E-state index is -0.817. The molecule has 0 aromatic rings. The molecular formula is C6H14N2O2. The summed E-state index contributed by atoms with van der Waals surface area (Å²) in [5.41, 5.74) is 10.8. The molecule has 0 spiro atoms. The minimum Gasteiger partial charge on any atom is -0.367 e. The standard InChI is InChI=1S/C6H14N2O2/c7-3-4-1-2-5(8)6(9)10-4/h4-6,9H,1-3,7-8H2/t4?,5-,6-/m0/s1. The van der Waals surface area contributed by atoms with E-state index in [1.54, 1.807) is 0 Å². The summed E-state index contributed by atoms with van der Waals surface area (Å²) < 4.78 is 5.05. The molecule has 5 N–H and O–H groups in total. The maximum absolute atomic E-state index is 9.08. The van der Waals surface area contributed by atoms with Crippen LogP contribution in [-0.2, 0) is 4.74 Å². The molecule has 1 saturated heterocycles. The van der Waals surface area contributed by atoms with Gasteiger partial charge in [-0.1, -0.05) is 0 Å². The highest BCUT2D eigenvalue weighted by Gasteiger charge is 2.25. The molecule has 1 unspecified atom stereocenters. The van der Waals surface area contributed by atoms with Crippen LogP contribution in [-0.4, -0.2) is 30.1 Å². The normalized spacial score (nSPS) is 41.7. The third kappa shape index (κ3) is 1.67. The molecule has 1 aliphatic heterocycles. The number of ether oxygens (including phenoxy) is 1. The second-order valence-corrected chi connectivity index (χ2v) is 2.63. The van der Waals surface area contributed by atoms with E-state index in [-0.39, 0.29) is 12.1 Å². The highest BCUT2D eigenvalue weighted by atomic mass is 16.6. The molecule has 1 fully saturated rings. The van der Waals surface area contributed by atoms with Crippen molar-refractivity contribution in [2.75, 3.05) is 6.54 Å². The monoisotopic (exact) mass is 146 g/mol. The van der Waals surface area contributed by atoms with Gasteiger partial charge in [0.05, 0.1) is 12.1 Å². The molecule has 1 rings (SSSR count). The lowest BCUT2D eigenvalue weighted by atomic mass is 10.0. The van der Waals surface area contributed by atoms with Crippen LogP contribution >= 0.6 is 0 Å². The number of aliphatic hydroxyl groups excluding tert-OH is 1. The summed E-state index contributed by atoms with van der Waals surface area (Å²) in [6.07, 6.45) is 0.828. The second-order valence-electron chi connectivity index (χ2n) is 2.63. The van der Waals surface area contributed by atoms with E-state index in [0.717, 1.165) is 12.8 Å². The molecular weight excluding hydrogens is 132 g/mol. The molecule has 3 atom stereocenters. The fraction of sp³-hybridized carbons (Fsp3) is 1.00. The Hall–Kier alpha value is -0.160. The van der Waals surface area contributed by atoms with Gasteiger partial charge < -0.3 is 21.3 Å². The van der Waals surface area contributed by atoms with Crippen molar-refractivity contribution in [3.05, 3.63) is 0 Å². The number of hydrogen-bond donors (Lipinski definition) is 3. The van der Waals surface area contributed by atoms with Crippen molar-refractivity contribution in [3.63, 3.8) is 0 Å². The summed E-state index contributed by atoms with van der Waals surface area (Å²) in [5.74, 6) is 0. The molecule has 0 amide bonds. The lowest BCUT2D eigenvalue weighted by Crippen LogP contribution is -2.46. The van der Waals surface area contributed by atoms with Crippen molar-refractivity contribution in [2.45, 2.75) is 31.3 Å². The first-order valence-corrected chi connectivity index (χ1v) is 3.53. The predicted octanol–water partition coefficient (Wildman–Crippen LogP) is -1.23. The maximum Gasteiger partial charge on any atom is 0.170 e. The van der Waals surface area contributed by atoms with Crippen LogP contribution in [0.5, 0.6) is 0 Å². The molecule has 1 heterocycles. The van der Waals surface area contributed by atoms with Crippen LogP contribution in [0, 0.1) is 0 Å². The Morgan fingerprint density at radius 3 is 2.70 bits per heavy atom. The molecule has 0 aliphatic carbocycles. The van der Waals surface area contributed by atoms with Crippen LogP contribution in [0.2, 0.25) is 0 Å². The highest BCUT2D eigenvalue weighted by Crippen LogP contribution is 2.15. The fourth-order valence-corrected chi connectivity index (χ4v) is 1.06. The SMILES string of the molecule is NCC1CC[C@H](N)[C@@H](O)O1. The van der Waals surface area contributed by atoms with E-state index in [4.69, 9.17) is 21.3 Å². The number of nitrogens with two attached hydrogens (primary N) is 2. The van der Waals surface area contributed by atoms with Gasteiger partial charge >= 0.3 is 0 Å². The number of hydrogen-bond acceptors (Lipinski definition) is 4. The van der Waals surface area contributed by atoms with Crippen molar-refractivity contribution in [2.24, 2.45) is 11.5 Å². The molecule has 0 aromatic heterocycles. The van der Waals surface area contributed by atoms with Gasteiger partial charge in [-0.15, -0.1) is 0 Å². The van der Waals surface area contributed by atoms with E-state index in [9.17, 15) is 0 Å². The summed E-state index contributed by atoms with van der Waals surface area (Å²) in [6, 6.07) is -0.234. The molecule has 0 aromatic carbocycles. The van der Waals surface area contributed by atoms with Crippen molar-refractivity contribution in [1.82, 2.24) is 0 Å². The smallest absolute Gasteiger partial charge is 0.170 e. The Balaban J connectivity index is 2.33. The van der Waals surface area contributed by atoms with E-state index in [1.807, 2.05) is 0 Å². The van der Waals surface area contributed by atoms with Crippen molar-refractivity contribution in [1.29, 1.82) is 0 Å². The Bertz CT molecular complexity index is 110. The average Bonchev–Trinajstić information content (AvgIpc) is 1.95. The third-order valence-corrected chi connectivity index (χ3v) is 1.78. The quantitative estimate of drug-likeness (QED) is 0.432. The topological polar surface area (TPSA) is 81.5 Å². The van der Waals surface area contributed by atoms with Gasteiger partial charge in [-0.25, -0.2) is 0 Å². The van der Waals surface area contributed by atoms with Crippen LogP contribution in [0.3, 0.4) is 0 Å². The molecule has 10 heavy (non-hydrogen) atoms. The van der Waals surface area contributed by atoms with E-state index in [0.29, 0.717) is 6.54 Å². The summed E-state index contributed by atoms with van der Waals surface area (Å²) in [4.78, 5) is 0. The minimum absolute atomic E-state index is 0.00481. The Morgan fingerprint density at radius 2 is 2.20 bits per heavy atom. The van der Waals surface area contributed by atoms with Crippen LogP contribution in [0.15, 0.2) is 0 Å². The third-order valence-electron chi connectivity index (χ3n) is 1.78. The van der Waals surface area contributed by atoms with Crippen molar-refractivity contribution < 1.29 is 9.84 Å². The summed E-state index contributed by atoms with van der Waals surface area (Å²) in [7, 11) is 0. The van der Waals surface area contributed by atoms with Crippen molar-refractivity contribution in [3.8, 4) is 0 Å². The maximum atomic E-state index is 9.08. The van der Waals surface area contributed by atoms with Crippen LogP contribution in [0.25, 0.3) is 0 Å². The first kappa shape index (κ1) is 7.94. The van der Waals surface area contributed by atoms with Crippen LogP contribution in [0.4, 0.5) is 0 Å². The fourth-order valence-electron chi connectivity index (χ4n) is 1.06. The summed E-state index contributed by atoms with van der Waals surface area (Å²) in [5, 5.41) is 9.08. The number of aliphatic hydroxyl groups is 1. The zero-order valence-corrected chi connectivity index (χ0v) is 5.86. The molecule has 0 bridgehead atoms. The van der Waals surface area contributed by atoms with Crippen LogP contribution in [0.1, 0.15) is 12.8 Å². The summed E-state index contributed by atoms with van der Waals surface area (Å²) in [6.45, 7) is 0.462. The summed E-state index contributed by atoms with van der Waals surface area (Å²) >= 11 is 0. The Morgan fingerprint density at radius 1 is 1.50 bits per heavy atom. The van der Waals surface area contributed by atoms with E-state index in [2.05, 4.69) is 0 Å². The molecule has 4 heteroatoms. The van der Waals surface area contributed by atoms with Gasteiger partial charge in [-0.05, 0) is 12.8 Å². The van der Waals surface area contributed by atoms with Gasteiger partial charge in [0.25, 0.3) is 0 Å².